The van der Waals surface area contributed by atoms with E-state index in [0.29, 0.717) is 0 Å². The predicted molar refractivity (Wildman–Crippen MR) is 69.5 cm³/mol. The molecule has 8 heteroatoms. The van der Waals surface area contributed by atoms with E-state index in [1.54, 1.807) is 6.08 Å². The van der Waals surface area contributed by atoms with Gasteiger partial charge in [0, 0.05) is 9.80 Å². The smallest absolute Gasteiger partial charge is 0.304 e. The van der Waals surface area contributed by atoms with E-state index >= 15 is 0 Å². The molecule has 0 saturated carbocycles. The number of nitro groups is 1. The molecule has 1 N–H and O–H groups in total. The predicted octanol–water partition coefficient (Wildman–Crippen LogP) is 0.770. The van der Waals surface area contributed by atoms with Gasteiger partial charge in [-0.05, 0) is 36.1 Å². The zero-order valence-corrected chi connectivity index (χ0v) is 10.6. The molecule has 19 heavy (non-hydrogen) atoms. The number of thiophene rings is 1. The Hall–Kier alpha value is -2.35. The number of rotatable bonds is 3. The topological polar surface area (TPSA) is 102 Å². The van der Waals surface area contributed by atoms with Crippen LogP contribution in [0.4, 0.5) is 0 Å². The lowest BCUT2D eigenvalue weighted by molar-refractivity contribution is -0.493. The highest BCUT2D eigenvalue weighted by molar-refractivity contribution is 7.11. The van der Waals surface area contributed by atoms with Crippen molar-refractivity contribution >= 4 is 35.1 Å². The van der Waals surface area contributed by atoms with Crippen molar-refractivity contribution in [3.63, 3.8) is 0 Å². The van der Waals surface area contributed by atoms with E-state index in [2.05, 4.69) is 10.3 Å². The molecular formula is C11H9N3O4S. The van der Waals surface area contributed by atoms with E-state index in [9.17, 15) is 19.7 Å². The Labute approximate surface area is 111 Å². The fourth-order valence-electron chi connectivity index (χ4n) is 1.49. The summed E-state index contributed by atoms with van der Waals surface area (Å²) in [4.78, 5) is 36.8. The number of hydrogen-bond acceptors (Lipinski definition) is 5. The Morgan fingerprint density at radius 3 is 2.74 bits per heavy atom. The number of amides is 2. The lowest BCUT2D eigenvalue weighted by Gasteiger charge is -2.12. The van der Waals surface area contributed by atoms with Gasteiger partial charge >= 0.3 is 17.9 Å². The van der Waals surface area contributed by atoms with Gasteiger partial charge in [0.2, 0.25) is 0 Å². The highest BCUT2D eigenvalue weighted by atomic mass is 32.1. The molecule has 7 nitrogen and oxygen atoms in total. The van der Waals surface area contributed by atoms with Crippen molar-refractivity contribution in [1.82, 2.24) is 5.32 Å². The first-order chi connectivity index (χ1) is 8.99. The molecule has 0 bridgehead atoms. The molecular weight excluding hydrogens is 270 g/mol. The Morgan fingerprint density at radius 2 is 2.21 bits per heavy atom. The van der Waals surface area contributed by atoms with Crippen LogP contribution in [0.1, 0.15) is 10.4 Å². The number of aryl methyl sites for hydroxylation is 1. The Balaban J connectivity index is 2.20. The van der Waals surface area contributed by atoms with Gasteiger partial charge in [0.1, 0.15) is 5.84 Å². The van der Waals surface area contributed by atoms with Crippen LogP contribution in [0.5, 0.6) is 0 Å². The van der Waals surface area contributed by atoms with Gasteiger partial charge in [0.15, 0.2) is 0 Å². The molecule has 1 aliphatic rings. The van der Waals surface area contributed by atoms with Crippen molar-refractivity contribution in [2.45, 2.75) is 13.0 Å². The summed E-state index contributed by atoms with van der Waals surface area (Å²) in [5.74, 6) is -2.01. The van der Waals surface area contributed by atoms with Crippen LogP contribution in [0.3, 0.4) is 0 Å². The second kappa shape index (κ2) is 5.11. The van der Waals surface area contributed by atoms with Crippen LogP contribution in [-0.4, -0.2) is 28.6 Å². The van der Waals surface area contributed by atoms with Crippen LogP contribution < -0.4 is 5.32 Å². The van der Waals surface area contributed by atoms with E-state index in [1.807, 2.05) is 18.4 Å². The van der Waals surface area contributed by atoms with E-state index in [1.165, 1.54) is 17.4 Å². The third kappa shape index (κ3) is 2.74. The van der Waals surface area contributed by atoms with Gasteiger partial charge in [0.25, 0.3) is 0 Å². The fourth-order valence-corrected chi connectivity index (χ4v) is 2.31. The summed E-state index contributed by atoms with van der Waals surface area (Å²) in [6.45, 7) is 1.92. The van der Waals surface area contributed by atoms with Gasteiger partial charge in [-0.2, -0.15) is 4.99 Å². The fraction of sp³-hybridized carbons (Fsp3) is 0.182. The largest absolute Gasteiger partial charge is 0.368 e. The molecule has 2 heterocycles. The number of hydrogen-bond donors (Lipinski definition) is 1. The molecule has 1 aromatic rings. The molecule has 0 saturated heterocycles. The van der Waals surface area contributed by atoms with E-state index in [4.69, 9.17) is 0 Å². The normalized spacial score (nSPS) is 19.4. The molecule has 1 unspecified atom stereocenters. The Kier molecular flexibility index (Phi) is 3.52. The van der Waals surface area contributed by atoms with Crippen LogP contribution >= 0.6 is 11.3 Å². The molecule has 1 atom stereocenters. The van der Waals surface area contributed by atoms with Crippen molar-refractivity contribution < 1.29 is 14.5 Å². The van der Waals surface area contributed by atoms with Crippen LogP contribution in [0.2, 0.25) is 0 Å². The summed E-state index contributed by atoms with van der Waals surface area (Å²) < 4.78 is 0. The molecule has 0 aromatic carbocycles. The minimum absolute atomic E-state index is 0.0147. The van der Waals surface area contributed by atoms with Gasteiger partial charge in [-0.15, -0.1) is 11.3 Å². The highest BCUT2D eigenvalue weighted by Crippen LogP contribution is 2.17. The number of amidine groups is 1. The van der Waals surface area contributed by atoms with E-state index < -0.39 is 22.8 Å². The zero-order chi connectivity index (χ0) is 14.0. The van der Waals surface area contributed by atoms with Crippen molar-refractivity contribution in [3.8, 4) is 0 Å². The Morgan fingerprint density at radius 1 is 1.47 bits per heavy atom. The summed E-state index contributed by atoms with van der Waals surface area (Å²) in [5.41, 5.74) is 1.05. The Bertz CT molecular complexity index is 617. The standard InChI is InChI=1S/C11H9N3O4S/c1-6-4-5-19-7(6)2-3-8-12-10(15)9(14(17)18)11(16)13-8/h2-5,9H,1H3,(H,12,13,15,16)/b3-2+. The van der Waals surface area contributed by atoms with Gasteiger partial charge in [0.05, 0.1) is 0 Å². The van der Waals surface area contributed by atoms with Crippen molar-refractivity contribution in [2.24, 2.45) is 4.99 Å². The van der Waals surface area contributed by atoms with Crippen LogP contribution in [-0.2, 0) is 9.59 Å². The maximum absolute atomic E-state index is 11.4. The molecule has 0 spiro atoms. The molecule has 2 rings (SSSR count). The monoisotopic (exact) mass is 279 g/mol. The minimum atomic E-state index is -1.94. The lowest BCUT2D eigenvalue weighted by atomic mass is 10.2. The quantitative estimate of drug-likeness (QED) is 0.501. The van der Waals surface area contributed by atoms with E-state index in [-0.39, 0.29) is 5.84 Å². The maximum atomic E-state index is 11.4. The number of nitrogens with one attached hydrogen (secondary N) is 1. The first-order valence-corrected chi connectivity index (χ1v) is 6.16. The van der Waals surface area contributed by atoms with Crippen LogP contribution in [0.25, 0.3) is 6.08 Å². The molecule has 0 aliphatic carbocycles. The van der Waals surface area contributed by atoms with Crippen molar-refractivity contribution in [1.29, 1.82) is 0 Å². The van der Waals surface area contributed by atoms with E-state index in [0.717, 1.165) is 10.4 Å². The number of carbonyl (C=O) groups excluding carboxylic acids is 2. The average molecular weight is 279 g/mol. The number of nitrogens with zero attached hydrogens (tertiary/aromatic N) is 2. The first kappa shape index (κ1) is 13.1. The summed E-state index contributed by atoms with van der Waals surface area (Å²) in [5, 5.41) is 14.6. The zero-order valence-electron chi connectivity index (χ0n) is 9.82. The van der Waals surface area contributed by atoms with Gasteiger partial charge in [-0.1, -0.05) is 0 Å². The third-order valence-corrected chi connectivity index (χ3v) is 3.45. The molecule has 0 fully saturated rings. The second-order valence-corrected chi connectivity index (χ2v) is 4.76. The number of carbonyl (C=O) groups is 2. The SMILES string of the molecule is Cc1ccsc1/C=C/C1=NC(=O)C([N+](=O)[O-])C(=O)N1. The second-order valence-electron chi connectivity index (χ2n) is 3.81. The van der Waals surface area contributed by atoms with Crippen molar-refractivity contribution in [2.75, 3.05) is 0 Å². The third-order valence-electron chi connectivity index (χ3n) is 2.47. The first-order valence-electron chi connectivity index (χ1n) is 5.28. The van der Waals surface area contributed by atoms with Gasteiger partial charge in [-0.25, -0.2) is 0 Å². The maximum Gasteiger partial charge on any atom is 0.368 e. The molecule has 2 amide bonds. The minimum Gasteiger partial charge on any atom is -0.304 e. The number of aliphatic imine (C=N–C) groups is 1. The van der Waals surface area contributed by atoms with Gasteiger partial charge < -0.3 is 5.32 Å². The van der Waals surface area contributed by atoms with Gasteiger partial charge in [-0.3, -0.25) is 19.7 Å². The summed E-state index contributed by atoms with van der Waals surface area (Å²) >= 11 is 1.50. The van der Waals surface area contributed by atoms with Crippen LogP contribution in [0.15, 0.2) is 22.5 Å². The molecule has 1 aliphatic heterocycles. The lowest BCUT2D eigenvalue weighted by Crippen LogP contribution is -2.50. The van der Waals surface area contributed by atoms with Crippen molar-refractivity contribution in [3.05, 3.63) is 38.1 Å². The molecule has 1 aromatic heterocycles. The summed E-state index contributed by atoms with van der Waals surface area (Å²) in [6, 6.07) is -0.0138. The highest BCUT2D eigenvalue weighted by Gasteiger charge is 2.41. The van der Waals surface area contributed by atoms with Crippen LogP contribution in [0, 0.1) is 17.0 Å². The summed E-state index contributed by atoms with van der Waals surface area (Å²) in [7, 11) is 0. The average Bonchev–Trinajstić information content (AvgIpc) is 2.70. The molecule has 98 valence electrons. The molecule has 0 radical (unpaired) electrons. The summed E-state index contributed by atoms with van der Waals surface area (Å²) in [6.07, 6.45) is 3.14.